The monoisotopic (exact) mass is 594 g/mol. The van der Waals surface area contributed by atoms with Crippen molar-refractivity contribution in [1.29, 1.82) is 0 Å². The Bertz CT molecular complexity index is 1180. The maximum Gasteiger partial charge on any atom is 0.253 e. The second-order valence-corrected chi connectivity index (χ2v) is 12.3. The fourth-order valence-corrected chi connectivity index (χ4v) is 7.62. The van der Waals surface area contributed by atoms with Crippen LogP contribution in [0.5, 0.6) is 0 Å². The molecule has 0 saturated carbocycles. The molecule has 3 fully saturated rings. The van der Waals surface area contributed by atoms with Gasteiger partial charge in [-0.25, -0.2) is 0 Å². The molecule has 3 aliphatic heterocycles. The number of benzene rings is 1. The molecular formula is C34H50N4O5. The van der Waals surface area contributed by atoms with Crippen molar-refractivity contribution in [2.24, 2.45) is 11.8 Å². The number of likely N-dealkylation sites (tertiary alicyclic amines) is 1. The zero-order valence-corrected chi connectivity index (χ0v) is 26.5. The first kappa shape index (κ1) is 32.7. The fraction of sp³-hybridized carbons (Fsp3) is 0.618. The molecule has 1 spiro atoms. The molecule has 4 rings (SSSR count). The van der Waals surface area contributed by atoms with Crippen molar-refractivity contribution >= 4 is 29.1 Å². The summed E-state index contributed by atoms with van der Waals surface area (Å²) in [6.45, 7) is 16.8. The minimum atomic E-state index is -1.08. The van der Waals surface area contributed by atoms with Crippen LogP contribution in [0.1, 0.15) is 59.3 Å². The van der Waals surface area contributed by atoms with Gasteiger partial charge in [-0.05, 0) is 70.7 Å². The lowest BCUT2D eigenvalue weighted by Crippen LogP contribution is -2.56. The Morgan fingerprint density at radius 3 is 2.23 bits per heavy atom. The molecular weight excluding hydrogens is 544 g/mol. The van der Waals surface area contributed by atoms with Gasteiger partial charge in [0.25, 0.3) is 5.91 Å². The van der Waals surface area contributed by atoms with E-state index in [9.17, 15) is 19.5 Å². The molecule has 5 atom stereocenters. The Morgan fingerprint density at radius 1 is 1.00 bits per heavy atom. The molecule has 0 aliphatic carbocycles. The summed E-state index contributed by atoms with van der Waals surface area (Å²) in [5.74, 6) is -1.93. The van der Waals surface area contributed by atoms with Gasteiger partial charge in [-0.1, -0.05) is 25.0 Å². The third-order valence-electron chi connectivity index (χ3n) is 9.73. The van der Waals surface area contributed by atoms with Crippen LogP contribution in [0.3, 0.4) is 0 Å². The third-order valence-corrected chi connectivity index (χ3v) is 9.73. The highest BCUT2D eigenvalue weighted by Crippen LogP contribution is 2.63. The first-order valence-electron chi connectivity index (χ1n) is 15.9. The van der Waals surface area contributed by atoms with Gasteiger partial charge in [0.1, 0.15) is 11.6 Å². The number of carbonyl (C=O) groups excluding carboxylic acids is 3. The second-order valence-electron chi connectivity index (χ2n) is 12.3. The van der Waals surface area contributed by atoms with Crippen molar-refractivity contribution in [2.45, 2.75) is 76.5 Å². The fourth-order valence-electron chi connectivity index (χ4n) is 7.62. The van der Waals surface area contributed by atoms with Crippen LogP contribution in [-0.4, -0.2) is 96.3 Å². The van der Waals surface area contributed by atoms with Crippen LogP contribution in [0.15, 0.2) is 49.6 Å². The Balaban J connectivity index is 1.73. The van der Waals surface area contributed by atoms with E-state index in [0.717, 1.165) is 37.3 Å². The van der Waals surface area contributed by atoms with Crippen molar-refractivity contribution in [3.05, 3.63) is 49.6 Å². The molecule has 3 aliphatic rings. The van der Waals surface area contributed by atoms with Crippen LogP contribution in [0.2, 0.25) is 0 Å². The summed E-state index contributed by atoms with van der Waals surface area (Å²) in [5.41, 5.74) is -0.0975. The lowest BCUT2D eigenvalue weighted by Gasteiger charge is -2.37. The number of aliphatic hydroxyl groups is 1. The summed E-state index contributed by atoms with van der Waals surface area (Å²) >= 11 is 0. The average molecular weight is 595 g/mol. The second kappa shape index (κ2) is 13.6. The van der Waals surface area contributed by atoms with Gasteiger partial charge in [0.2, 0.25) is 11.8 Å². The number of fused-ring (bicyclic) bond motifs is 1. The minimum Gasteiger partial charge on any atom is -0.396 e. The summed E-state index contributed by atoms with van der Waals surface area (Å²) in [7, 11) is 1.72. The van der Waals surface area contributed by atoms with Gasteiger partial charge in [-0.2, -0.15) is 0 Å². The van der Waals surface area contributed by atoms with Gasteiger partial charge in [-0.3, -0.25) is 14.4 Å². The molecule has 0 radical (unpaired) electrons. The zero-order valence-electron chi connectivity index (χ0n) is 26.5. The van der Waals surface area contributed by atoms with Crippen LogP contribution >= 0.6 is 0 Å². The van der Waals surface area contributed by atoms with Crippen LogP contribution in [0.4, 0.5) is 11.4 Å². The molecule has 2 unspecified atom stereocenters. The van der Waals surface area contributed by atoms with Crippen LogP contribution in [0, 0.1) is 11.8 Å². The molecule has 9 nitrogen and oxygen atoms in total. The van der Waals surface area contributed by atoms with E-state index in [2.05, 4.69) is 31.9 Å². The first-order valence-corrected chi connectivity index (χ1v) is 15.9. The number of carbonyl (C=O) groups is 3. The number of aliphatic hydroxyl groups excluding tert-OH is 1. The van der Waals surface area contributed by atoms with Crippen molar-refractivity contribution < 1.29 is 24.2 Å². The SMILES string of the molecule is C=CCN(C)C(=O)[C@H]1[C@H]2C(=O)N(CCCCCCO)C(C(=O)N(CC=C)c3ccc(N(CC)CC)cc3)C23CC[C@]1(C)O3. The Labute approximate surface area is 257 Å². The standard InChI is InChI=1S/C34H50N4O5/c1-7-21-35(6)30(40)27-28-31(41)38(23-13-11-12-14-24-39)29(34(28)20-19-33(27,5)43-34)32(42)37(22-8-2)26-17-15-25(16-18-26)36(9-3)10-4/h7-8,15-18,27-29,39H,1-2,9-14,19-24H2,3-6H3/t27-,28+,29?,33+,34?/m1/s1. The van der Waals surface area contributed by atoms with E-state index in [-0.39, 0.29) is 30.9 Å². The average Bonchev–Trinajstić information content (AvgIpc) is 3.57. The van der Waals surface area contributed by atoms with Crippen LogP contribution in [0.25, 0.3) is 0 Å². The summed E-state index contributed by atoms with van der Waals surface area (Å²) in [5, 5.41) is 9.21. The predicted octanol–water partition coefficient (Wildman–Crippen LogP) is 4.01. The number of likely N-dealkylation sites (N-methyl/N-ethyl adjacent to an activating group) is 1. The lowest BCUT2D eigenvalue weighted by atomic mass is 9.66. The predicted molar refractivity (Wildman–Crippen MR) is 170 cm³/mol. The maximum atomic E-state index is 14.8. The van der Waals surface area contributed by atoms with Gasteiger partial charge in [0.15, 0.2) is 0 Å². The topological polar surface area (TPSA) is 93.6 Å². The molecule has 2 bridgehead atoms. The number of anilines is 2. The van der Waals surface area contributed by atoms with Crippen LogP contribution < -0.4 is 9.80 Å². The number of unbranched alkanes of at least 4 members (excludes halogenated alkanes) is 3. The zero-order chi connectivity index (χ0) is 31.4. The maximum absolute atomic E-state index is 14.8. The third kappa shape index (κ3) is 5.86. The first-order chi connectivity index (χ1) is 20.6. The molecule has 1 aromatic rings. The Hall–Kier alpha value is -3.17. The van der Waals surface area contributed by atoms with E-state index in [1.54, 1.807) is 33.9 Å². The molecule has 1 aromatic carbocycles. The van der Waals surface area contributed by atoms with E-state index in [4.69, 9.17) is 4.74 Å². The Morgan fingerprint density at radius 2 is 1.63 bits per heavy atom. The molecule has 236 valence electrons. The van der Waals surface area contributed by atoms with Gasteiger partial charge in [0, 0.05) is 57.8 Å². The summed E-state index contributed by atoms with van der Waals surface area (Å²) in [6.07, 6.45) is 7.58. The number of amides is 3. The molecule has 1 N–H and O–H groups in total. The van der Waals surface area contributed by atoms with E-state index in [1.165, 1.54) is 0 Å². The number of rotatable bonds is 16. The number of hydrogen-bond acceptors (Lipinski definition) is 6. The number of ether oxygens (including phenoxy) is 1. The quantitative estimate of drug-likeness (QED) is 0.230. The summed E-state index contributed by atoms with van der Waals surface area (Å²) in [4.78, 5) is 50.2. The number of nitrogens with zero attached hydrogens (tertiary/aromatic N) is 4. The Kier molecular flexibility index (Phi) is 10.4. The van der Waals surface area contributed by atoms with Gasteiger partial charge in [-0.15, -0.1) is 13.2 Å². The highest BCUT2D eigenvalue weighted by molar-refractivity contribution is 6.05. The van der Waals surface area contributed by atoms with Gasteiger partial charge in [0.05, 0.1) is 17.4 Å². The van der Waals surface area contributed by atoms with E-state index in [1.807, 2.05) is 31.2 Å². The van der Waals surface area contributed by atoms with Crippen LogP contribution in [-0.2, 0) is 19.1 Å². The van der Waals surface area contributed by atoms with E-state index < -0.39 is 29.1 Å². The van der Waals surface area contributed by atoms with Crippen molar-refractivity contribution in [2.75, 3.05) is 56.2 Å². The van der Waals surface area contributed by atoms with Crippen molar-refractivity contribution in [3.63, 3.8) is 0 Å². The largest absolute Gasteiger partial charge is 0.396 e. The van der Waals surface area contributed by atoms with E-state index in [0.29, 0.717) is 38.8 Å². The van der Waals surface area contributed by atoms with Gasteiger partial charge < -0.3 is 29.4 Å². The van der Waals surface area contributed by atoms with Crippen molar-refractivity contribution in [1.82, 2.24) is 9.80 Å². The number of hydrogen-bond donors (Lipinski definition) is 1. The molecule has 9 heteroatoms. The molecule has 3 saturated heterocycles. The summed E-state index contributed by atoms with van der Waals surface area (Å²) < 4.78 is 6.81. The van der Waals surface area contributed by atoms with Crippen molar-refractivity contribution in [3.8, 4) is 0 Å². The van der Waals surface area contributed by atoms with Gasteiger partial charge >= 0.3 is 0 Å². The normalized spacial score (nSPS) is 27.2. The molecule has 0 aromatic heterocycles. The molecule has 3 heterocycles. The molecule has 43 heavy (non-hydrogen) atoms. The summed E-state index contributed by atoms with van der Waals surface area (Å²) in [6, 6.07) is 7.09. The highest BCUT2D eigenvalue weighted by Gasteiger charge is 2.78. The molecule has 3 amide bonds. The highest BCUT2D eigenvalue weighted by atomic mass is 16.5. The van der Waals surface area contributed by atoms with E-state index >= 15 is 0 Å². The minimum absolute atomic E-state index is 0.132. The lowest BCUT2D eigenvalue weighted by molar-refractivity contribution is -0.149. The smallest absolute Gasteiger partial charge is 0.253 e.